The van der Waals surface area contributed by atoms with Gasteiger partial charge in [-0.05, 0) is 30.2 Å². The highest BCUT2D eigenvalue weighted by Crippen LogP contribution is 2.42. The van der Waals surface area contributed by atoms with Crippen LogP contribution in [0.15, 0.2) is 57.7 Å². The second-order valence-electron chi connectivity index (χ2n) is 7.03. The summed E-state index contributed by atoms with van der Waals surface area (Å²) < 4.78 is 19.6. The lowest BCUT2D eigenvalue weighted by molar-refractivity contribution is 0.0970. The first kappa shape index (κ1) is 18.6. The first-order valence-electron chi connectivity index (χ1n) is 9.55. The molecule has 0 fully saturated rings. The van der Waals surface area contributed by atoms with Gasteiger partial charge < -0.3 is 4.42 Å². The van der Waals surface area contributed by atoms with E-state index in [1.54, 1.807) is 0 Å². The van der Waals surface area contributed by atoms with Crippen LogP contribution < -0.4 is 10.3 Å². The number of halogens is 1. The van der Waals surface area contributed by atoms with E-state index < -0.39 is 23.2 Å². The van der Waals surface area contributed by atoms with Crippen LogP contribution in [0.5, 0.6) is 0 Å². The number of benzene rings is 2. The van der Waals surface area contributed by atoms with Gasteiger partial charge in [0, 0.05) is 6.42 Å². The maximum atomic E-state index is 13.8. The third kappa shape index (κ3) is 2.83. The Hall–Kier alpha value is -3.39. The van der Waals surface area contributed by atoms with Gasteiger partial charge >= 0.3 is 0 Å². The highest BCUT2D eigenvalue weighted by Gasteiger charge is 2.45. The normalized spacial score (nSPS) is 15.7. The Bertz CT molecular complexity index is 1330. The zero-order valence-electron chi connectivity index (χ0n) is 16.0. The van der Waals surface area contributed by atoms with Crippen LogP contribution in [-0.4, -0.2) is 16.1 Å². The number of aryl methyl sites for hydroxylation is 1. The first-order chi connectivity index (χ1) is 14.6. The van der Waals surface area contributed by atoms with Gasteiger partial charge in [-0.15, -0.1) is 10.2 Å². The van der Waals surface area contributed by atoms with Crippen molar-refractivity contribution in [3.05, 3.63) is 86.5 Å². The lowest BCUT2D eigenvalue weighted by Gasteiger charge is -2.21. The molecular weight excluding hydrogens is 405 g/mol. The van der Waals surface area contributed by atoms with Crippen molar-refractivity contribution >= 4 is 33.3 Å². The number of carbonyl (C=O) groups is 1. The monoisotopic (exact) mass is 421 g/mol. The van der Waals surface area contributed by atoms with E-state index in [1.165, 1.54) is 28.4 Å². The molecule has 0 aliphatic carbocycles. The van der Waals surface area contributed by atoms with Crippen LogP contribution in [0, 0.1) is 5.82 Å². The molecule has 2 aromatic heterocycles. The lowest BCUT2D eigenvalue weighted by atomic mass is 9.99. The number of hydrogen-bond acceptors (Lipinski definition) is 6. The number of nitrogens with zero attached hydrogens (tertiary/aromatic N) is 3. The Morgan fingerprint density at radius 1 is 1.13 bits per heavy atom. The summed E-state index contributed by atoms with van der Waals surface area (Å²) in [4.78, 5) is 28.2. The van der Waals surface area contributed by atoms with E-state index in [0.29, 0.717) is 5.13 Å². The number of hydrogen-bond donors (Lipinski definition) is 0. The SMILES string of the molecule is CCCc1nnc(N2C(=O)c3oc4ccc(F)cc4c(=O)c3[C@@H]2c2ccccc2)s1. The van der Waals surface area contributed by atoms with Crippen molar-refractivity contribution in [1.82, 2.24) is 10.2 Å². The average Bonchev–Trinajstić information content (AvgIpc) is 3.32. The molecule has 1 atom stereocenters. The van der Waals surface area contributed by atoms with Gasteiger partial charge in [-0.3, -0.25) is 14.5 Å². The Labute approximate surface area is 174 Å². The van der Waals surface area contributed by atoms with Gasteiger partial charge in [-0.2, -0.15) is 0 Å². The maximum Gasteiger partial charge on any atom is 0.297 e. The lowest BCUT2D eigenvalue weighted by Crippen LogP contribution is -2.29. The Kier molecular flexibility index (Phi) is 4.43. The molecule has 0 spiro atoms. The van der Waals surface area contributed by atoms with Gasteiger partial charge in [-0.1, -0.05) is 48.6 Å². The quantitative estimate of drug-likeness (QED) is 0.485. The fourth-order valence-corrected chi connectivity index (χ4v) is 4.72. The molecule has 0 N–H and O–H groups in total. The standard InChI is InChI=1S/C22H16FN3O3S/c1-2-6-16-24-25-22(30-16)26-18(12-7-4-3-5-8-12)17-19(27)14-11-13(23)9-10-15(14)29-20(17)21(26)28/h3-5,7-11,18H,2,6H2,1H3/t18-/m0/s1. The molecule has 4 aromatic rings. The summed E-state index contributed by atoms with van der Waals surface area (Å²) in [6.45, 7) is 2.04. The third-order valence-electron chi connectivity index (χ3n) is 5.07. The number of fused-ring (bicyclic) bond motifs is 2. The minimum Gasteiger partial charge on any atom is -0.450 e. The molecule has 2 aromatic carbocycles. The van der Waals surface area contributed by atoms with Crippen LogP contribution in [0.25, 0.3) is 11.0 Å². The van der Waals surface area contributed by atoms with Gasteiger partial charge in [0.2, 0.25) is 10.9 Å². The number of carbonyl (C=O) groups excluding carboxylic acids is 1. The maximum absolute atomic E-state index is 13.8. The van der Waals surface area contributed by atoms with Gasteiger partial charge in [0.1, 0.15) is 16.4 Å². The summed E-state index contributed by atoms with van der Waals surface area (Å²) in [6.07, 6.45) is 1.66. The van der Waals surface area contributed by atoms with Crippen LogP contribution in [0.1, 0.15) is 46.1 Å². The molecule has 0 saturated heterocycles. The fraction of sp³-hybridized carbons (Fsp3) is 0.182. The van der Waals surface area contributed by atoms with Crippen LogP contribution in [0.4, 0.5) is 9.52 Å². The zero-order valence-corrected chi connectivity index (χ0v) is 16.8. The molecule has 1 amide bonds. The van der Waals surface area contributed by atoms with Crippen molar-refractivity contribution in [2.45, 2.75) is 25.8 Å². The highest BCUT2D eigenvalue weighted by atomic mass is 32.1. The summed E-state index contributed by atoms with van der Waals surface area (Å²) in [5.74, 6) is -1.04. The minimum absolute atomic E-state index is 0.0415. The van der Waals surface area contributed by atoms with Crippen molar-refractivity contribution in [1.29, 1.82) is 0 Å². The number of anilines is 1. The molecule has 8 heteroatoms. The minimum atomic E-state index is -0.722. The largest absolute Gasteiger partial charge is 0.450 e. The molecule has 3 heterocycles. The van der Waals surface area contributed by atoms with E-state index in [4.69, 9.17) is 4.42 Å². The smallest absolute Gasteiger partial charge is 0.297 e. The van der Waals surface area contributed by atoms with E-state index in [9.17, 15) is 14.0 Å². The molecule has 0 radical (unpaired) electrons. The molecule has 1 aliphatic heterocycles. The van der Waals surface area contributed by atoms with Crippen LogP contribution >= 0.6 is 11.3 Å². The number of aromatic nitrogens is 2. The molecule has 0 saturated carbocycles. The molecule has 5 rings (SSSR count). The molecule has 6 nitrogen and oxygen atoms in total. The van der Waals surface area contributed by atoms with Crippen LogP contribution in [0.3, 0.4) is 0 Å². The predicted octanol–water partition coefficient (Wildman–Crippen LogP) is 4.49. The van der Waals surface area contributed by atoms with E-state index in [0.717, 1.165) is 29.5 Å². The Balaban J connectivity index is 1.77. The second kappa shape index (κ2) is 7.14. The summed E-state index contributed by atoms with van der Waals surface area (Å²) in [6, 6.07) is 12.2. The van der Waals surface area contributed by atoms with Gasteiger partial charge in [0.15, 0.2) is 5.43 Å². The van der Waals surface area contributed by atoms with E-state index in [2.05, 4.69) is 10.2 Å². The van der Waals surface area contributed by atoms with Crippen molar-refractivity contribution in [3.8, 4) is 0 Å². The van der Waals surface area contributed by atoms with Crippen LogP contribution in [-0.2, 0) is 6.42 Å². The van der Waals surface area contributed by atoms with Crippen molar-refractivity contribution in [2.24, 2.45) is 0 Å². The van der Waals surface area contributed by atoms with E-state index in [-0.39, 0.29) is 22.3 Å². The predicted molar refractivity (Wildman–Crippen MR) is 111 cm³/mol. The van der Waals surface area contributed by atoms with E-state index >= 15 is 0 Å². The van der Waals surface area contributed by atoms with Gasteiger partial charge in [0.05, 0.1) is 17.0 Å². The van der Waals surface area contributed by atoms with Crippen molar-refractivity contribution in [3.63, 3.8) is 0 Å². The van der Waals surface area contributed by atoms with Crippen LogP contribution in [0.2, 0.25) is 0 Å². The topological polar surface area (TPSA) is 76.3 Å². The highest BCUT2D eigenvalue weighted by molar-refractivity contribution is 7.15. The van der Waals surface area contributed by atoms with Gasteiger partial charge in [0.25, 0.3) is 5.91 Å². The third-order valence-corrected chi connectivity index (χ3v) is 6.06. The molecular formula is C22H16FN3O3S. The average molecular weight is 421 g/mol. The number of rotatable bonds is 4. The summed E-state index contributed by atoms with van der Waals surface area (Å²) >= 11 is 1.32. The summed E-state index contributed by atoms with van der Waals surface area (Å²) in [5.41, 5.74) is 0.677. The molecule has 0 unspecified atom stereocenters. The first-order valence-corrected chi connectivity index (χ1v) is 10.4. The molecule has 30 heavy (non-hydrogen) atoms. The second-order valence-corrected chi connectivity index (χ2v) is 8.07. The Morgan fingerprint density at radius 3 is 2.70 bits per heavy atom. The van der Waals surface area contributed by atoms with E-state index in [1.807, 2.05) is 37.3 Å². The molecule has 0 bridgehead atoms. The molecule has 1 aliphatic rings. The number of amides is 1. The summed E-state index contributed by atoms with van der Waals surface area (Å²) in [7, 11) is 0. The summed E-state index contributed by atoms with van der Waals surface area (Å²) in [5, 5.41) is 9.71. The fourth-order valence-electron chi connectivity index (χ4n) is 3.75. The van der Waals surface area contributed by atoms with Gasteiger partial charge in [-0.25, -0.2) is 4.39 Å². The molecule has 150 valence electrons. The Morgan fingerprint density at radius 2 is 1.93 bits per heavy atom. The van der Waals surface area contributed by atoms with Crippen molar-refractivity contribution in [2.75, 3.05) is 4.90 Å². The van der Waals surface area contributed by atoms with Crippen molar-refractivity contribution < 1.29 is 13.6 Å². The zero-order chi connectivity index (χ0) is 20.8.